The summed E-state index contributed by atoms with van der Waals surface area (Å²) in [7, 11) is 0. The third kappa shape index (κ3) is 3.62. The molecule has 0 amide bonds. The number of aliphatic hydroxyl groups is 5. The van der Waals surface area contributed by atoms with E-state index in [2.05, 4.69) is 29.9 Å². The summed E-state index contributed by atoms with van der Waals surface area (Å²) in [5.74, 6) is -5.48. The number of nitrogens with one attached hydrogen (secondary N) is 2. The molecule has 20 nitrogen and oxygen atoms in total. The number of rotatable bonds is 6. The van der Waals surface area contributed by atoms with Gasteiger partial charge in [0, 0.05) is 0 Å². The van der Waals surface area contributed by atoms with Crippen LogP contribution in [0.1, 0.15) is 6.42 Å². The molecule has 1 unspecified atom stereocenters. The summed E-state index contributed by atoms with van der Waals surface area (Å²) in [6, 6.07) is 0. The van der Waals surface area contributed by atoms with E-state index in [-0.39, 0.29) is 34.2 Å². The van der Waals surface area contributed by atoms with Crippen LogP contribution in [0.4, 0.5) is 11.9 Å². The number of aromatic nitrogens is 8. The van der Waals surface area contributed by atoms with Crippen molar-refractivity contribution in [3.8, 4) is 0 Å². The lowest BCUT2D eigenvalue weighted by Gasteiger charge is -2.41. The number of aromatic amines is 2. The standard InChI is InChI=1S/C20H24N10O10/c21-17-25-13-9(15(36)27-17)23-4-29(13)19(1-6(33)7(2-31)38-19)40-20(12(35)11(34)8(3-32)39-20)30-5-24-10-14(30)26-18(22)28-16(10)37/h4-8,11-12,31-35H,1-3H2,(H3,21,25,27,36)(H3,22,26,28,37)/t6?,7-,8-,11-,12-,19+,20+/m1/s1. The lowest BCUT2D eigenvalue weighted by Crippen LogP contribution is -2.54. The molecular weight excluding hydrogens is 540 g/mol. The molecule has 214 valence electrons. The Morgan fingerprint density at radius 1 is 0.925 bits per heavy atom. The molecule has 0 spiro atoms. The van der Waals surface area contributed by atoms with Crippen molar-refractivity contribution in [1.82, 2.24) is 39.0 Å². The molecule has 6 rings (SSSR count). The van der Waals surface area contributed by atoms with Crippen molar-refractivity contribution >= 4 is 34.2 Å². The second kappa shape index (κ2) is 9.00. The van der Waals surface area contributed by atoms with Crippen LogP contribution in [-0.2, 0) is 26.0 Å². The van der Waals surface area contributed by atoms with E-state index in [0.29, 0.717) is 0 Å². The largest absolute Gasteiger partial charge is 0.394 e. The van der Waals surface area contributed by atoms with Gasteiger partial charge in [0.25, 0.3) is 22.9 Å². The first-order valence-electron chi connectivity index (χ1n) is 11.8. The Balaban J connectivity index is 1.62. The molecule has 0 bridgehead atoms. The van der Waals surface area contributed by atoms with Gasteiger partial charge < -0.3 is 46.5 Å². The molecule has 2 aliphatic rings. The molecule has 2 saturated heterocycles. The SMILES string of the molecule is Nc1nc2c(ncn2[C@@]2(O[C@@]3(n4cnc5c(=O)[nH]c(N)nc54)O[C@H](CO)[C@@H](O)[C@H]3O)CC(O)[C@@H](CO)O2)c(=O)[nH]1. The minimum absolute atomic E-state index is 0.178. The maximum Gasteiger partial charge on any atom is 0.292 e. The van der Waals surface area contributed by atoms with E-state index in [0.717, 1.165) is 21.8 Å². The van der Waals surface area contributed by atoms with Crippen LogP contribution in [0.3, 0.4) is 0 Å². The number of anilines is 2. The van der Waals surface area contributed by atoms with Gasteiger partial charge in [0.15, 0.2) is 28.4 Å². The van der Waals surface area contributed by atoms with Gasteiger partial charge >= 0.3 is 0 Å². The lowest BCUT2D eigenvalue weighted by atomic mass is 10.1. The van der Waals surface area contributed by atoms with E-state index >= 15 is 0 Å². The van der Waals surface area contributed by atoms with Crippen LogP contribution in [0.15, 0.2) is 22.2 Å². The summed E-state index contributed by atoms with van der Waals surface area (Å²) in [5, 5.41) is 52.6. The van der Waals surface area contributed by atoms with Gasteiger partial charge in [-0.2, -0.15) is 9.97 Å². The van der Waals surface area contributed by atoms with Gasteiger partial charge in [-0.1, -0.05) is 0 Å². The molecule has 20 heteroatoms. The van der Waals surface area contributed by atoms with Crippen LogP contribution >= 0.6 is 0 Å². The average molecular weight is 564 g/mol. The first kappa shape index (κ1) is 26.2. The quantitative estimate of drug-likeness (QED) is 0.106. The van der Waals surface area contributed by atoms with Crippen molar-refractivity contribution in [3.63, 3.8) is 0 Å². The number of H-pyrrole nitrogens is 2. The Morgan fingerprint density at radius 3 is 2.00 bits per heavy atom. The van der Waals surface area contributed by atoms with Crippen molar-refractivity contribution in [1.29, 1.82) is 0 Å². The van der Waals surface area contributed by atoms with E-state index < -0.39 is 73.1 Å². The zero-order valence-electron chi connectivity index (χ0n) is 20.3. The van der Waals surface area contributed by atoms with Crippen molar-refractivity contribution < 1.29 is 39.7 Å². The van der Waals surface area contributed by atoms with E-state index in [1.807, 2.05) is 0 Å². The Morgan fingerprint density at radius 2 is 1.48 bits per heavy atom. The maximum absolute atomic E-state index is 12.5. The highest BCUT2D eigenvalue weighted by molar-refractivity contribution is 5.71. The number of nitrogens with two attached hydrogens (primary N) is 2. The predicted octanol–water partition coefficient (Wildman–Crippen LogP) is -5.09. The zero-order valence-corrected chi connectivity index (χ0v) is 20.3. The molecule has 40 heavy (non-hydrogen) atoms. The Hall–Kier alpha value is -4.02. The lowest BCUT2D eigenvalue weighted by molar-refractivity contribution is -0.431. The molecule has 0 saturated carbocycles. The van der Waals surface area contributed by atoms with Crippen LogP contribution in [0, 0.1) is 0 Å². The molecule has 2 fully saturated rings. The van der Waals surface area contributed by atoms with E-state index in [4.69, 9.17) is 25.7 Å². The van der Waals surface area contributed by atoms with Gasteiger partial charge in [0.1, 0.15) is 31.0 Å². The number of hydrogen-bond donors (Lipinski definition) is 9. The monoisotopic (exact) mass is 564 g/mol. The van der Waals surface area contributed by atoms with Crippen LogP contribution in [-0.4, -0.2) is 108 Å². The minimum atomic E-state index is -2.58. The number of aliphatic hydroxyl groups excluding tert-OH is 5. The molecule has 7 atom stereocenters. The Labute approximate surface area is 220 Å². The number of imidazole rings is 2. The van der Waals surface area contributed by atoms with Crippen molar-refractivity contribution in [3.05, 3.63) is 33.4 Å². The molecule has 0 aliphatic carbocycles. The Bertz CT molecular complexity index is 1720. The number of nitrogen functional groups attached to an aromatic ring is 2. The molecule has 0 aromatic carbocycles. The summed E-state index contributed by atoms with van der Waals surface area (Å²) in [6.07, 6.45) is -6.26. The fourth-order valence-electron chi connectivity index (χ4n) is 5.00. The fraction of sp³-hybridized carbons (Fsp3) is 0.500. The molecule has 11 N–H and O–H groups in total. The Kier molecular flexibility index (Phi) is 5.90. The third-order valence-electron chi connectivity index (χ3n) is 6.85. The van der Waals surface area contributed by atoms with Gasteiger partial charge in [0.05, 0.1) is 25.7 Å². The van der Waals surface area contributed by atoms with Gasteiger partial charge in [-0.05, 0) is 0 Å². The summed E-state index contributed by atoms with van der Waals surface area (Å²) in [4.78, 5) is 45.7. The van der Waals surface area contributed by atoms with E-state index in [1.165, 1.54) is 0 Å². The van der Waals surface area contributed by atoms with Gasteiger partial charge in [-0.25, -0.2) is 9.97 Å². The highest BCUT2D eigenvalue weighted by Gasteiger charge is 2.64. The highest BCUT2D eigenvalue weighted by Crippen LogP contribution is 2.47. The summed E-state index contributed by atoms with van der Waals surface area (Å²) in [6.45, 7) is -1.47. The average Bonchev–Trinajstić information content (AvgIpc) is 3.65. The van der Waals surface area contributed by atoms with Gasteiger partial charge in [-0.3, -0.25) is 33.4 Å². The molecule has 4 aromatic rings. The van der Waals surface area contributed by atoms with E-state index in [9.17, 15) is 35.1 Å². The number of ether oxygens (including phenoxy) is 3. The predicted molar refractivity (Wildman–Crippen MR) is 129 cm³/mol. The van der Waals surface area contributed by atoms with Crippen molar-refractivity contribution in [2.24, 2.45) is 0 Å². The summed E-state index contributed by atoms with van der Waals surface area (Å²) in [5.41, 5.74) is 9.12. The van der Waals surface area contributed by atoms with Crippen molar-refractivity contribution in [2.45, 2.75) is 48.8 Å². The van der Waals surface area contributed by atoms with Crippen LogP contribution in [0.2, 0.25) is 0 Å². The first-order valence-corrected chi connectivity index (χ1v) is 11.8. The number of fused-ring (bicyclic) bond motifs is 2. The topological polar surface area (TPSA) is 308 Å². The third-order valence-corrected chi connectivity index (χ3v) is 6.85. The smallest absolute Gasteiger partial charge is 0.292 e. The molecule has 2 aliphatic heterocycles. The van der Waals surface area contributed by atoms with Gasteiger partial charge in [0.2, 0.25) is 11.9 Å². The second-order valence-electron chi connectivity index (χ2n) is 9.31. The molecule has 4 aromatic heterocycles. The van der Waals surface area contributed by atoms with E-state index in [1.54, 1.807) is 0 Å². The fourth-order valence-corrected chi connectivity index (χ4v) is 5.00. The zero-order chi connectivity index (χ0) is 28.6. The normalized spacial score (nSPS) is 32.5. The minimum Gasteiger partial charge on any atom is -0.394 e. The van der Waals surface area contributed by atoms with Crippen LogP contribution in [0.5, 0.6) is 0 Å². The highest BCUT2D eigenvalue weighted by atomic mass is 16.8. The van der Waals surface area contributed by atoms with Crippen LogP contribution < -0.4 is 22.6 Å². The number of hydrogen-bond acceptors (Lipinski definition) is 16. The maximum atomic E-state index is 12.5. The van der Waals surface area contributed by atoms with Gasteiger partial charge in [-0.15, -0.1) is 0 Å². The molecule has 6 heterocycles. The van der Waals surface area contributed by atoms with Crippen LogP contribution in [0.25, 0.3) is 22.3 Å². The number of nitrogens with zero attached hydrogens (tertiary/aromatic N) is 6. The molecule has 0 radical (unpaired) electrons. The van der Waals surface area contributed by atoms with Crippen molar-refractivity contribution in [2.75, 3.05) is 24.7 Å². The summed E-state index contributed by atoms with van der Waals surface area (Å²) < 4.78 is 20.2. The molecular formula is C20H24N10O10. The second-order valence-corrected chi connectivity index (χ2v) is 9.31. The summed E-state index contributed by atoms with van der Waals surface area (Å²) >= 11 is 0. The first-order chi connectivity index (χ1) is 19.0.